The molecule has 1 saturated heterocycles. The summed E-state index contributed by atoms with van der Waals surface area (Å²) in [4.78, 5) is 2.42. The third-order valence-electron chi connectivity index (χ3n) is 4.77. The third kappa shape index (κ3) is 5.58. The summed E-state index contributed by atoms with van der Waals surface area (Å²) in [7, 11) is 3.33. The van der Waals surface area contributed by atoms with Gasteiger partial charge in [0.15, 0.2) is 5.11 Å². The lowest BCUT2D eigenvalue weighted by atomic mass is 10.0. The van der Waals surface area contributed by atoms with Crippen LogP contribution in [0.1, 0.15) is 11.6 Å². The smallest absolute Gasteiger partial charge is 0.170 e. The first-order valence-corrected chi connectivity index (χ1v) is 9.75. The Hall–Kier alpha value is -2.35. The first-order valence-electron chi connectivity index (χ1n) is 9.34. The van der Waals surface area contributed by atoms with Crippen LogP contribution in [0.15, 0.2) is 48.5 Å². The van der Waals surface area contributed by atoms with Gasteiger partial charge in [-0.3, -0.25) is 4.90 Å². The Morgan fingerprint density at radius 2 is 1.79 bits per heavy atom. The van der Waals surface area contributed by atoms with E-state index in [4.69, 9.17) is 26.4 Å². The second-order valence-electron chi connectivity index (χ2n) is 6.50. The maximum absolute atomic E-state index is 5.52. The molecule has 2 N–H and O–H groups in total. The van der Waals surface area contributed by atoms with Gasteiger partial charge >= 0.3 is 0 Å². The summed E-state index contributed by atoms with van der Waals surface area (Å²) in [5, 5.41) is 7.16. The second-order valence-corrected chi connectivity index (χ2v) is 6.91. The van der Waals surface area contributed by atoms with Gasteiger partial charge in [-0.2, -0.15) is 0 Å². The zero-order valence-corrected chi connectivity index (χ0v) is 17.1. The zero-order valence-electron chi connectivity index (χ0n) is 16.3. The Morgan fingerprint density at radius 3 is 2.46 bits per heavy atom. The highest BCUT2D eigenvalue weighted by atomic mass is 32.1. The predicted octanol–water partition coefficient (Wildman–Crippen LogP) is 3.06. The van der Waals surface area contributed by atoms with Crippen molar-refractivity contribution in [2.24, 2.45) is 0 Å². The summed E-state index contributed by atoms with van der Waals surface area (Å²) in [6.45, 7) is 3.99. The molecule has 1 unspecified atom stereocenters. The lowest BCUT2D eigenvalue weighted by Gasteiger charge is -2.35. The molecule has 0 saturated carbocycles. The Morgan fingerprint density at radius 1 is 1.07 bits per heavy atom. The molecule has 0 amide bonds. The van der Waals surface area contributed by atoms with Crippen molar-refractivity contribution in [2.45, 2.75) is 6.04 Å². The molecule has 28 heavy (non-hydrogen) atoms. The highest BCUT2D eigenvalue weighted by molar-refractivity contribution is 7.80. The van der Waals surface area contributed by atoms with E-state index in [9.17, 15) is 0 Å². The Labute approximate surface area is 171 Å². The Bertz CT molecular complexity index is 764. The minimum absolute atomic E-state index is 0.194. The minimum atomic E-state index is 0.194. The summed E-state index contributed by atoms with van der Waals surface area (Å²) in [6, 6.07) is 16.1. The molecule has 6 nitrogen and oxygen atoms in total. The first-order chi connectivity index (χ1) is 13.7. The standard InChI is InChI=1S/C21H27N3O3S/c1-25-18-8-6-16(7-9-18)20(24-10-12-27-13-11-24)15-22-21(28)23-17-4-3-5-19(14-17)26-2/h3-9,14,20H,10-13,15H2,1-2H3,(H2,22,23,28). The molecule has 150 valence electrons. The van der Waals surface area contributed by atoms with E-state index in [0.29, 0.717) is 11.7 Å². The molecule has 0 spiro atoms. The monoisotopic (exact) mass is 401 g/mol. The van der Waals surface area contributed by atoms with Crippen molar-refractivity contribution in [3.05, 3.63) is 54.1 Å². The van der Waals surface area contributed by atoms with Crippen molar-refractivity contribution in [1.82, 2.24) is 10.2 Å². The number of thiocarbonyl (C=S) groups is 1. The molecule has 2 aromatic rings. The molecule has 3 rings (SSSR count). The average molecular weight is 402 g/mol. The number of nitrogens with zero attached hydrogens (tertiary/aromatic N) is 1. The first kappa shape index (κ1) is 20.4. The summed E-state index contributed by atoms with van der Waals surface area (Å²) in [5.74, 6) is 1.64. The summed E-state index contributed by atoms with van der Waals surface area (Å²) >= 11 is 5.50. The van der Waals surface area contributed by atoms with E-state index in [2.05, 4.69) is 27.7 Å². The van der Waals surface area contributed by atoms with Crippen LogP contribution in [0.2, 0.25) is 0 Å². The largest absolute Gasteiger partial charge is 0.497 e. The van der Waals surface area contributed by atoms with Crippen molar-refractivity contribution in [3.63, 3.8) is 0 Å². The number of hydrogen-bond donors (Lipinski definition) is 2. The van der Waals surface area contributed by atoms with Gasteiger partial charge in [-0.25, -0.2) is 0 Å². The number of hydrogen-bond acceptors (Lipinski definition) is 5. The lowest BCUT2D eigenvalue weighted by Crippen LogP contribution is -2.44. The SMILES string of the molecule is COc1ccc(C(CNC(=S)Nc2cccc(OC)c2)N2CCOCC2)cc1. The molecular formula is C21H27N3O3S. The van der Waals surface area contributed by atoms with Crippen molar-refractivity contribution in [1.29, 1.82) is 0 Å². The summed E-state index contributed by atoms with van der Waals surface area (Å²) in [6.07, 6.45) is 0. The predicted molar refractivity (Wildman–Crippen MR) is 115 cm³/mol. The van der Waals surface area contributed by atoms with Gasteiger partial charge in [0.25, 0.3) is 0 Å². The molecule has 0 radical (unpaired) electrons. The molecule has 2 aromatic carbocycles. The van der Waals surface area contributed by atoms with E-state index in [1.165, 1.54) is 5.56 Å². The van der Waals surface area contributed by atoms with Crippen LogP contribution in [-0.2, 0) is 4.74 Å². The molecule has 1 fully saturated rings. The van der Waals surface area contributed by atoms with Crippen molar-refractivity contribution < 1.29 is 14.2 Å². The van der Waals surface area contributed by atoms with Crippen LogP contribution in [0.5, 0.6) is 11.5 Å². The maximum Gasteiger partial charge on any atom is 0.170 e. The van der Waals surface area contributed by atoms with Crippen LogP contribution in [0.3, 0.4) is 0 Å². The van der Waals surface area contributed by atoms with E-state index < -0.39 is 0 Å². The number of anilines is 1. The molecule has 1 aliphatic heterocycles. The van der Waals surface area contributed by atoms with Gasteiger partial charge in [-0.05, 0) is 42.0 Å². The number of morpholine rings is 1. The number of nitrogens with one attached hydrogen (secondary N) is 2. The van der Waals surface area contributed by atoms with Crippen LogP contribution >= 0.6 is 12.2 Å². The van der Waals surface area contributed by atoms with E-state index in [1.54, 1.807) is 14.2 Å². The fraction of sp³-hybridized carbons (Fsp3) is 0.381. The van der Waals surface area contributed by atoms with E-state index in [0.717, 1.165) is 43.5 Å². The fourth-order valence-corrected chi connectivity index (χ4v) is 3.44. The van der Waals surface area contributed by atoms with Gasteiger partial charge in [0, 0.05) is 31.4 Å². The molecule has 0 bridgehead atoms. The van der Waals surface area contributed by atoms with Gasteiger partial charge in [0.05, 0.1) is 33.5 Å². The normalized spacial score (nSPS) is 15.5. The van der Waals surface area contributed by atoms with Gasteiger partial charge in [-0.1, -0.05) is 18.2 Å². The van der Waals surface area contributed by atoms with Crippen LogP contribution < -0.4 is 20.1 Å². The number of rotatable bonds is 7. The van der Waals surface area contributed by atoms with E-state index >= 15 is 0 Å². The minimum Gasteiger partial charge on any atom is -0.497 e. The van der Waals surface area contributed by atoms with Gasteiger partial charge < -0.3 is 24.8 Å². The Balaban J connectivity index is 1.65. The van der Waals surface area contributed by atoms with Gasteiger partial charge in [0.2, 0.25) is 0 Å². The third-order valence-corrected chi connectivity index (χ3v) is 5.02. The zero-order chi connectivity index (χ0) is 19.8. The molecule has 0 aliphatic carbocycles. The molecular weight excluding hydrogens is 374 g/mol. The molecule has 1 heterocycles. The van der Waals surface area contributed by atoms with Crippen molar-refractivity contribution in [3.8, 4) is 11.5 Å². The molecule has 1 aliphatic rings. The van der Waals surface area contributed by atoms with Gasteiger partial charge in [-0.15, -0.1) is 0 Å². The van der Waals surface area contributed by atoms with Gasteiger partial charge in [0.1, 0.15) is 11.5 Å². The topological polar surface area (TPSA) is 55.0 Å². The van der Waals surface area contributed by atoms with Crippen LogP contribution in [0.4, 0.5) is 5.69 Å². The Kier molecular flexibility index (Phi) is 7.47. The summed E-state index contributed by atoms with van der Waals surface area (Å²) in [5.41, 5.74) is 2.11. The van der Waals surface area contributed by atoms with Crippen molar-refractivity contribution in [2.75, 3.05) is 52.4 Å². The highest BCUT2D eigenvalue weighted by Crippen LogP contribution is 2.24. The molecule has 1 atom stereocenters. The van der Waals surface area contributed by atoms with E-state index in [1.807, 2.05) is 36.4 Å². The number of benzene rings is 2. The van der Waals surface area contributed by atoms with Crippen molar-refractivity contribution >= 4 is 23.0 Å². The second kappa shape index (κ2) is 10.3. The highest BCUT2D eigenvalue weighted by Gasteiger charge is 2.23. The fourth-order valence-electron chi connectivity index (χ4n) is 3.24. The molecule has 7 heteroatoms. The van der Waals surface area contributed by atoms with Crippen LogP contribution in [-0.4, -0.2) is 57.1 Å². The number of methoxy groups -OCH3 is 2. The maximum atomic E-state index is 5.52. The van der Waals surface area contributed by atoms with Crippen LogP contribution in [0.25, 0.3) is 0 Å². The number of ether oxygens (including phenoxy) is 3. The summed E-state index contributed by atoms with van der Waals surface area (Å²) < 4.78 is 16.1. The molecule has 0 aromatic heterocycles. The van der Waals surface area contributed by atoms with E-state index in [-0.39, 0.29) is 6.04 Å². The van der Waals surface area contributed by atoms with Crippen LogP contribution in [0, 0.1) is 0 Å². The quantitative estimate of drug-likeness (QED) is 0.692. The average Bonchev–Trinajstić information content (AvgIpc) is 2.75. The lowest BCUT2D eigenvalue weighted by molar-refractivity contribution is 0.0170.